The number of rotatable bonds is 7. The Hall–Kier alpha value is -1.69. The molecule has 138 valence electrons. The molecule has 25 heavy (non-hydrogen) atoms. The third kappa shape index (κ3) is 4.48. The number of likely N-dealkylation sites (tertiary alicyclic amines) is 1. The van der Waals surface area contributed by atoms with E-state index in [1.165, 1.54) is 0 Å². The molecule has 1 aliphatic heterocycles. The summed E-state index contributed by atoms with van der Waals surface area (Å²) in [6.07, 6.45) is 3.98. The Morgan fingerprint density at radius 3 is 2.72 bits per heavy atom. The van der Waals surface area contributed by atoms with Gasteiger partial charge in [0.25, 0.3) is 0 Å². The Labute approximate surface area is 147 Å². The third-order valence-corrected chi connectivity index (χ3v) is 5.37. The highest BCUT2D eigenvalue weighted by Crippen LogP contribution is 2.51. The van der Waals surface area contributed by atoms with E-state index in [9.17, 15) is 13.6 Å². The number of alkyl halides is 2. The first kappa shape index (κ1) is 18.1. The molecule has 2 atom stereocenters. The second kappa shape index (κ2) is 8.13. The molecular formula is C19H26F2N2O2. The molecule has 0 aromatic heterocycles. The SMILES string of the molecule is CNCCC1CCN(C(=O)C2CC2c2ccccc2OC(F)F)CC1. The van der Waals surface area contributed by atoms with Crippen molar-refractivity contribution in [2.24, 2.45) is 11.8 Å². The van der Waals surface area contributed by atoms with Crippen LogP contribution in [0.4, 0.5) is 8.78 Å². The van der Waals surface area contributed by atoms with E-state index in [2.05, 4.69) is 10.1 Å². The number of piperidine rings is 1. The predicted octanol–water partition coefficient (Wildman–Crippen LogP) is 3.24. The molecule has 0 bridgehead atoms. The maximum atomic E-state index is 12.7. The molecule has 1 amide bonds. The summed E-state index contributed by atoms with van der Waals surface area (Å²) in [6, 6.07) is 6.82. The zero-order chi connectivity index (χ0) is 17.8. The van der Waals surface area contributed by atoms with Crippen molar-refractivity contribution in [2.45, 2.75) is 38.2 Å². The van der Waals surface area contributed by atoms with Crippen LogP contribution in [-0.2, 0) is 4.79 Å². The largest absolute Gasteiger partial charge is 0.435 e. The number of carbonyl (C=O) groups excluding carboxylic acids is 1. The maximum absolute atomic E-state index is 12.7. The smallest absolute Gasteiger partial charge is 0.387 e. The van der Waals surface area contributed by atoms with Crippen molar-refractivity contribution in [3.05, 3.63) is 29.8 Å². The van der Waals surface area contributed by atoms with Gasteiger partial charge in [0.1, 0.15) is 5.75 Å². The van der Waals surface area contributed by atoms with Gasteiger partial charge < -0.3 is 15.0 Å². The molecule has 1 aromatic carbocycles. The Balaban J connectivity index is 1.55. The minimum Gasteiger partial charge on any atom is -0.435 e. The lowest BCUT2D eigenvalue weighted by atomic mass is 9.93. The van der Waals surface area contributed by atoms with Crippen molar-refractivity contribution in [3.8, 4) is 5.75 Å². The number of hydrogen-bond acceptors (Lipinski definition) is 3. The molecule has 1 aromatic rings. The molecular weight excluding hydrogens is 326 g/mol. The summed E-state index contributed by atoms with van der Waals surface area (Å²) in [4.78, 5) is 14.7. The molecule has 0 spiro atoms. The number of benzene rings is 1. The highest BCUT2D eigenvalue weighted by Gasteiger charge is 2.47. The fraction of sp³-hybridized carbons (Fsp3) is 0.632. The van der Waals surface area contributed by atoms with E-state index in [4.69, 9.17) is 0 Å². The fourth-order valence-corrected chi connectivity index (χ4v) is 3.83. The first-order valence-corrected chi connectivity index (χ1v) is 9.07. The van der Waals surface area contributed by atoms with Crippen LogP contribution in [0.5, 0.6) is 5.75 Å². The van der Waals surface area contributed by atoms with Crippen LogP contribution >= 0.6 is 0 Å². The van der Waals surface area contributed by atoms with Crippen LogP contribution in [0, 0.1) is 11.8 Å². The minimum atomic E-state index is -2.84. The number of carbonyl (C=O) groups is 1. The average Bonchev–Trinajstić information content (AvgIpc) is 3.40. The third-order valence-electron chi connectivity index (χ3n) is 5.37. The lowest BCUT2D eigenvalue weighted by Crippen LogP contribution is -2.40. The van der Waals surface area contributed by atoms with Gasteiger partial charge in [-0.05, 0) is 62.7 Å². The molecule has 1 N–H and O–H groups in total. The van der Waals surface area contributed by atoms with Crippen LogP contribution in [0.15, 0.2) is 24.3 Å². The zero-order valence-electron chi connectivity index (χ0n) is 14.6. The lowest BCUT2D eigenvalue weighted by Gasteiger charge is -2.32. The van der Waals surface area contributed by atoms with E-state index in [0.29, 0.717) is 5.92 Å². The first-order valence-electron chi connectivity index (χ1n) is 9.07. The van der Waals surface area contributed by atoms with E-state index in [1.54, 1.807) is 24.3 Å². The molecule has 6 heteroatoms. The second-order valence-electron chi connectivity index (χ2n) is 7.03. The van der Waals surface area contributed by atoms with Crippen LogP contribution in [-0.4, -0.2) is 44.1 Å². The van der Waals surface area contributed by atoms with Crippen molar-refractivity contribution < 1.29 is 18.3 Å². The van der Waals surface area contributed by atoms with Gasteiger partial charge in [0, 0.05) is 19.0 Å². The van der Waals surface area contributed by atoms with Gasteiger partial charge in [-0.25, -0.2) is 0 Å². The molecule has 2 unspecified atom stereocenters. The Morgan fingerprint density at radius 2 is 2.04 bits per heavy atom. The highest BCUT2D eigenvalue weighted by atomic mass is 19.3. The van der Waals surface area contributed by atoms with Crippen molar-refractivity contribution in [3.63, 3.8) is 0 Å². The van der Waals surface area contributed by atoms with Crippen molar-refractivity contribution in [1.29, 1.82) is 0 Å². The Morgan fingerprint density at radius 1 is 1.32 bits per heavy atom. The standard InChI is InChI=1S/C19H26F2N2O2/c1-22-9-6-13-7-10-23(11-8-13)18(24)16-12-15(16)14-4-2-3-5-17(14)25-19(20)21/h2-5,13,15-16,19,22H,6-12H2,1H3. The van der Waals surface area contributed by atoms with Gasteiger partial charge in [-0.15, -0.1) is 0 Å². The number of para-hydroxylation sites is 1. The fourth-order valence-electron chi connectivity index (χ4n) is 3.83. The van der Waals surface area contributed by atoms with Crippen LogP contribution in [0.2, 0.25) is 0 Å². The van der Waals surface area contributed by atoms with Gasteiger partial charge >= 0.3 is 6.61 Å². The van der Waals surface area contributed by atoms with Crippen molar-refractivity contribution in [1.82, 2.24) is 10.2 Å². The average molecular weight is 352 g/mol. The molecule has 4 nitrogen and oxygen atoms in total. The number of amides is 1. The summed E-state index contributed by atoms with van der Waals surface area (Å²) in [5.41, 5.74) is 0.727. The lowest BCUT2D eigenvalue weighted by molar-refractivity contribution is -0.134. The van der Waals surface area contributed by atoms with E-state index in [1.807, 2.05) is 11.9 Å². The topological polar surface area (TPSA) is 41.6 Å². The first-order chi connectivity index (χ1) is 12.1. The molecule has 0 radical (unpaired) electrons. The maximum Gasteiger partial charge on any atom is 0.387 e. The molecule has 1 aliphatic carbocycles. The molecule has 2 fully saturated rings. The molecule has 1 saturated carbocycles. The normalized spacial score (nSPS) is 23.8. The van der Waals surface area contributed by atoms with Crippen LogP contribution < -0.4 is 10.1 Å². The van der Waals surface area contributed by atoms with Gasteiger partial charge in [0.2, 0.25) is 5.91 Å². The molecule has 2 aliphatic rings. The number of nitrogens with zero attached hydrogens (tertiary/aromatic N) is 1. The van der Waals surface area contributed by atoms with Crippen LogP contribution in [0.25, 0.3) is 0 Å². The van der Waals surface area contributed by atoms with Gasteiger partial charge in [-0.1, -0.05) is 18.2 Å². The summed E-state index contributed by atoms with van der Waals surface area (Å²) < 4.78 is 29.7. The highest BCUT2D eigenvalue weighted by molar-refractivity contribution is 5.83. The molecule has 1 heterocycles. The number of ether oxygens (including phenoxy) is 1. The predicted molar refractivity (Wildman–Crippen MR) is 91.8 cm³/mol. The van der Waals surface area contributed by atoms with Crippen LogP contribution in [0.3, 0.4) is 0 Å². The van der Waals surface area contributed by atoms with Crippen molar-refractivity contribution in [2.75, 3.05) is 26.7 Å². The summed E-state index contributed by atoms with van der Waals surface area (Å²) in [6.45, 7) is -0.202. The number of nitrogens with one attached hydrogen (secondary N) is 1. The summed E-state index contributed by atoms with van der Waals surface area (Å²) in [7, 11) is 1.96. The van der Waals surface area contributed by atoms with E-state index >= 15 is 0 Å². The Kier molecular flexibility index (Phi) is 5.89. The zero-order valence-corrected chi connectivity index (χ0v) is 14.6. The van der Waals surface area contributed by atoms with Gasteiger partial charge in [0.05, 0.1) is 0 Å². The van der Waals surface area contributed by atoms with E-state index in [-0.39, 0.29) is 23.5 Å². The second-order valence-corrected chi connectivity index (χ2v) is 7.03. The summed E-state index contributed by atoms with van der Waals surface area (Å²) in [5, 5.41) is 3.17. The van der Waals surface area contributed by atoms with E-state index in [0.717, 1.165) is 50.9 Å². The monoisotopic (exact) mass is 352 g/mol. The van der Waals surface area contributed by atoms with Gasteiger partial charge in [-0.2, -0.15) is 8.78 Å². The van der Waals surface area contributed by atoms with Crippen molar-refractivity contribution >= 4 is 5.91 Å². The van der Waals surface area contributed by atoms with Gasteiger partial charge in [0.15, 0.2) is 0 Å². The summed E-state index contributed by atoms with van der Waals surface area (Å²) in [5.74, 6) is 0.972. The number of hydrogen-bond donors (Lipinski definition) is 1. The van der Waals surface area contributed by atoms with E-state index < -0.39 is 6.61 Å². The van der Waals surface area contributed by atoms with Gasteiger partial charge in [-0.3, -0.25) is 4.79 Å². The minimum absolute atomic E-state index is 0.00413. The summed E-state index contributed by atoms with van der Waals surface area (Å²) >= 11 is 0. The molecule has 3 rings (SSSR count). The van der Waals surface area contributed by atoms with Crippen LogP contribution in [0.1, 0.15) is 37.2 Å². The quantitative estimate of drug-likeness (QED) is 0.819. The Bertz CT molecular complexity index is 589. The number of halogens is 2. The molecule has 1 saturated heterocycles.